The quantitative estimate of drug-likeness (QED) is 0.807. The van der Waals surface area contributed by atoms with E-state index in [0.717, 1.165) is 6.42 Å². The summed E-state index contributed by atoms with van der Waals surface area (Å²) in [5.74, 6) is 0.453. The van der Waals surface area contributed by atoms with Crippen LogP contribution in [0.25, 0.3) is 0 Å². The lowest BCUT2D eigenvalue weighted by Crippen LogP contribution is -2.26. The van der Waals surface area contributed by atoms with Gasteiger partial charge in [-0.1, -0.05) is 13.8 Å². The van der Waals surface area contributed by atoms with Gasteiger partial charge < -0.3 is 5.73 Å². The summed E-state index contributed by atoms with van der Waals surface area (Å²) < 4.78 is 26.1. The lowest BCUT2D eigenvalue weighted by molar-refractivity contribution is 0.551. The molecule has 0 fully saturated rings. The van der Waals surface area contributed by atoms with E-state index in [1.807, 2.05) is 13.8 Å². The number of hydrogen-bond donors (Lipinski definition) is 2. The Labute approximate surface area is 96.1 Å². The maximum Gasteiger partial charge on any atom is 0.244 e. The highest BCUT2D eigenvalue weighted by Gasteiger charge is 2.16. The van der Waals surface area contributed by atoms with Crippen LogP contribution in [0.1, 0.15) is 20.3 Å². The van der Waals surface area contributed by atoms with Crippen molar-refractivity contribution in [1.82, 2.24) is 9.71 Å². The molecule has 0 radical (unpaired) electrons. The summed E-state index contributed by atoms with van der Waals surface area (Å²) in [4.78, 5) is 3.80. The van der Waals surface area contributed by atoms with Gasteiger partial charge in [-0.3, -0.25) is 4.98 Å². The smallest absolute Gasteiger partial charge is 0.244 e. The van der Waals surface area contributed by atoms with E-state index in [9.17, 15) is 8.42 Å². The predicted molar refractivity (Wildman–Crippen MR) is 63.3 cm³/mol. The molecule has 0 aliphatic heterocycles. The van der Waals surface area contributed by atoms with Gasteiger partial charge in [-0.25, -0.2) is 13.1 Å². The number of sulfonamides is 1. The maximum absolute atomic E-state index is 11.8. The molecule has 0 atom stereocenters. The van der Waals surface area contributed by atoms with Crippen LogP contribution in [0.4, 0.5) is 5.69 Å². The molecule has 1 aromatic heterocycles. The van der Waals surface area contributed by atoms with Crippen LogP contribution in [-0.4, -0.2) is 19.9 Å². The second kappa shape index (κ2) is 5.27. The van der Waals surface area contributed by atoms with E-state index in [4.69, 9.17) is 5.73 Å². The summed E-state index contributed by atoms with van der Waals surface area (Å²) in [6.45, 7) is 4.48. The van der Waals surface area contributed by atoms with Gasteiger partial charge in [-0.15, -0.1) is 0 Å². The van der Waals surface area contributed by atoms with E-state index in [1.54, 1.807) is 0 Å². The molecule has 0 saturated carbocycles. The number of nitrogens with one attached hydrogen (secondary N) is 1. The third-order valence-electron chi connectivity index (χ3n) is 2.12. The average molecular weight is 243 g/mol. The average Bonchev–Trinajstić information content (AvgIpc) is 2.17. The van der Waals surface area contributed by atoms with Gasteiger partial charge in [0.05, 0.1) is 5.69 Å². The van der Waals surface area contributed by atoms with Gasteiger partial charge >= 0.3 is 0 Å². The van der Waals surface area contributed by atoms with Crippen molar-refractivity contribution in [1.29, 1.82) is 0 Å². The number of anilines is 1. The van der Waals surface area contributed by atoms with Crippen LogP contribution in [0.2, 0.25) is 0 Å². The Balaban J connectivity index is 2.75. The van der Waals surface area contributed by atoms with Crippen molar-refractivity contribution >= 4 is 15.7 Å². The molecule has 0 aliphatic rings. The Kier molecular flexibility index (Phi) is 4.26. The van der Waals surface area contributed by atoms with Gasteiger partial charge in [0.2, 0.25) is 10.0 Å². The molecule has 6 heteroatoms. The molecule has 0 bridgehead atoms. The number of aromatic nitrogens is 1. The number of nitrogens with two attached hydrogens (primary N) is 1. The summed E-state index contributed by atoms with van der Waals surface area (Å²) in [7, 11) is -3.52. The first-order valence-electron chi connectivity index (χ1n) is 5.12. The lowest BCUT2D eigenvalue weighted by atomic mass is 10.1. The highest BCUT2D eigenvalue weighted by atomic mass is 32.2. The van der Waals surface area contributed by atoms with E-state index in [0.29, 0.717) is 12.5 Å². The second-order valence-electron chi connectivity index (χ2n) is 3.99. The highest BCUT2D eigenvalue weighted by Crippen LogP contribution is 2.15. The molecular formula is C10H17N3O2S. The zero-order chi connectivity index (χ0) is 12.2. The molecule has 1 heterocycles. The first-order valence-corrected chi connectivity index (χ1v) is 6.61. The normalized spacial score (nSPS) is 11.9. The topological polar surface area (TPSA) is 85.1 Å². The van der Waals surface area contributed by atoms with Crippen LogP contribution in [0.15, 0.2) is 23.4 Å². The highest BCUT2D eigenvalue weighted by molar-refractivity contribution is 7.89. The van der Waals surface area contributed by atoms with Crippen molar-refractivity contribution < 1.29 is 8.42 Å². The lowest BCUT2D eigenvalue weighted by Gasteiger charge is -2.09. The predicted octanol–water partition coefficient (Wildman–Crippen LogP) is 0.988. The largest absolute Gasteiger partial charge is 0.398 e. The summed E-state index contributed by atoms with van der Waals surface area (Å²) in [5.41, 5.74) is 5.79. The molecule has 1 aromatic rings. The standard InChI is InChI=1S/C10H17N3O2S/c1-8(2)3-6-13-16(14,15)10-7-12-5-4-9(10)11/h4-5,7-8,13H,3,6H2,1-2H3,(H2,11,12). The molecule has 0 unspecified atom stereocenters. The summed E-state index contributed by atoms with van der Waals surface area (Å²) in [6.07, 6.45) is 3.51. The first-order chi connectivity index (χ1) is 7.43. The van der Waals surface area contributed by atoms with Crippen molar-refractivity contribution in [2.75, 3.05) is 12.3 Å². The Hall–Kier alpha value is -1.14. The van der Waals surface area contributed by atoms with Gasteiger partial charge in [0.1, 0.15) is 4.90 Å². The molecule has 1 rings (SSSR count). The fourth-order valence-corrected chi connectivity index (χ4v) is 2.30. The van der Waals surface area contributed by atoms with E-state index in [2.05, 4.69) is 9.71 Å². The second-order valence-corrected chi connectivity index (χ2v) is 5.73. The van der Waals surface area contributed by atoms with Crippen LogP contribution >= 0.6 is 0 Å². The third kappa shape index (κ3) is 3.46. The van der Waals surface area contributed by atoms with Gasteiger partial charge in [0.25, 0.3) is 0 Å². The monoisotopic (exact) mass is 243 g/mol. The van der Waals surface area contributed by atoms with Crippen LogP contribution in [0.3, 0.4) is 0 Å². The van der Waals surface area contributed by atoms with Gasteiger partial charge in [0, 0.05) is 18.9 Å². The Morgan fingerprint density at radius 3 is 2.75 bits per heavy atom. The molecular weight excluding hydrogens is 226 g/mol. The minimum absolute atomic E-state index is 0.0405. The zero-order valence-corrected chi connectivity index (χ0v) is 10.3. The summed E-state index contributed by atoms with van der Waals surface area (Å²) >= 11 is 0. The Morgan fingerprint density at radius 2 is 2.19 bits per heavy atom. The number of nitrogens with zero attached hydrogens (tertiary/aromatic N) is 1. The van der Waals surface area contributed by atoms with Crippen molar-refractivity contribution in [3.63, 3.8) is 0 Å². The van der Waals surface area contributed by atoms with Crippen LogP contribution in [0.5, 0.6) is 0 Å². The van der Waals surface area contributed by atoms with E-state index < -0.39 is 10.0 Å². The number of pyridine rings is 1. The molecule has 3 N–H and O–H groups in total. The van der Waals surface area contributed by atoms with Crippen LogP contribution < -0.4 is 10.5 Å². The van der Waals surface area contributed by atoms with E-state index in [-0.39, 0.29) is 10.6 Å². The number of hydrogen-bond acceptors (Lipinski definition) is 4. The number of nitrogen functional groups attached to an aromatic ring is 1. The number of rotatable bonds is 5. The van der Waals surface area contributed by atoms with Gasteiger partial charge in [-0.05, 0) is 18.4 Å². The summed E-state index contributed by atoms with van der Waals surface area (Å²) in [5, 5.41) is 0. The first kappa shape index (κ1) is 12.9. The molecule has 5 nitrogen and oxygen atoms in total. The Bertz CT molecular complexity index is 443. The van der Waals surface area contributed by atoms with Gasteiger partial charge in [0.15, 0.2) is 0 Å². The van der Waals surface area contributed by atoms with E-state index in [1.165, 1.54) is 18.5 Å². The fourth-order valence-electron chi connectivity index (χ4n) is 1.17. The molecule has 0 amide bonds. The zero-order valence-electron chi connectivity index (χ0n) is 9.47. The molecule has 0 spiro atoms. The van der Waals surface area contributed by atoms with E-state index >= 15 is 0 Å². The van der Waals surface area contributed by atoms with Crippen molar-refractivity contribution in [2.24, 2.45) is 5.92 Å². The third-order valence-corrected chi connectivity index (χ3v) is 3.62. The summed E-state index contributed by atoms with van der Waals surface area (Å²) in [6, 6.07) is 1.47. The van der Waals surface area contributed by atoms with Crippen LogP contribution in [0, 0.1) is 5.92 Å². The SMILES string of the molecule is CC(C)CCNS(=O)(=O)c1cnccc1N. The van der Waals surface area contributed by atoms with Crippen molar-refractivity contribution in [3.05, 3.63) is 18.5 Å². The fraction of sp³-hybridized carbons (Fsp3) is 0.500. The minimum atomic E-state index is -3.52. The van der Waals surface area contributed by atoms with Crippen molar-refractivity contribution in [2.45, 2.75) is 25.2 Å². The Morgan fingerprint density at radius 1 is 1.50 bits per heavy atom. The molecule has 90 valence electrons. The molecule has 0 saturated heterocycles. The molecule has 0 aromatic carbocycles. The molecule has 0 aliphatic carbocycles. The molecule has 16 heavy (non-hydrogen) atoms. The minimum Gasteiger partial charge on any atom is -0.398 e. The van der Waals surface area contributed by atoms with Crippen LogP contribution in [-0.2, 0) is 10.0 Å². The van der Waals surface area contributed by atoms with Crippen molar-refractivity contribution in [3.8, 4) is 0 Å². The van der Waals surface area contributed by atoms with Gasteiger partial charge in [-0.2, -0.15) is 0 Å². The maximum atomic E-state index is 11.8.